The number of aromatic amines is 1. The lowest BCUT2D eigenvalue weighted by Crippen LogP contribution is -1.97. The molecule has 3 rings (SSSR count). The molecule has 0 aliphatic heterocycles. The maximum absolute atomic E-state index is 11.8. The van der Waals surface area contributed by atoms with E-state index >= 15 is 0 Å². The van der Waals surface area contributed by atoms with E-state index in [0.717, 1.165) is 6.26 Å². The summed E-state index contributed by atoms with van der Waals surface area (Å²) in [7, 11) is -3.34. The maximum atomic E-state index is 11.8. The fourth-order valence-electron chi connectivity index (χ4n) is 2.09. The summed E-state index contributed by atoms with van der Waals surface area (Å²) in [5.74, 6) is 0.651. The summed E-state index contributed by atoms with van der Waals surface area (Å²) < 4.78 is 23.5. The lowest BCUT2D eigenvalue weighted by molar-refractivity contribution is 0.475. The Morgan fingerprint density at radius 2 is 1.90 bits per heavy atom. The normalized spacial score (nSPS) is 11.8. The second kappa shape index (κ2) is 4.35. The maximum Gasteiger partial charge on any atom is 0.177 e. The van der Waals surface area contributed by atoms with Crippen LogP contribution in [0.1, 0.15) is 0 Å². The van der Waals surface area contributed by atoms with Gasteiger partial charge in [0.05, 0.1) is 10.4 Å². The molecule has 6 heteroatoms. The Bertz CT molecular complexity index is 898. The molecule has 0 radical (unpaired) electrons. The van der Waals surface area contributed by atoms with E-state index in [2.05, 4.69) is 9.97 Å². The van der Waals surface area contributed by atoms with E-state index in [1.807, 2.05) is 0 Å². The monoisotopic (exact) mass is 288 g/mol. The van der Waals surface area contributed by atoms with Crippen LogP contribution in [0.15, 0.2) is 47.4 Å². The van der Waals surface area contributed by atoms with Crippen molar-refractivity contribution in [2.75, 3.05) is 6.26 Å². The Morgan fingerprint density at radius 3 is 2.60 bits per heavy atom. The Labute approximate surface area is 115 Å². The van der Waals surface area contributed by atoms with Gasteiger partial charge in [0.15, 0.2) is 9.84 Å². The van der Waals surface area contributed by atoms with Crippen molar-refractivity contribution in [1.29, 1.82) is 0 Å². The number of imidazole rings is 1. The minimum absolute atomic E-state index is 0.131. The van der Waals surface area contributed by atoms with Crippen LogP contribution in [0.5, 0.6) is 5.75 Å². The molecule has 20 heavy (non-hydrogen) atoms. The van der Waals surface area contributed by atoms with Crippen LogP contribution in [0, 0.1) is 0 Å². The molecular weight excluding hydrogens is 276 g/mol. The van der Waals surface area contributed by atoms with E-state index in [1.165, 1.54) is 6.07 Å². The summed E-state index contributed by atoms with van der Waals surface area (Å²) in [6.45, 7) is 0. The minimum Gasteiger partial charge on any atom is -0.508 e. The molecule has 0 fully saturated rings. The van der Waals surface area contributed by atoms with Crippen LogP contribution in [-0.2, 0) is 9.84 Å². The summed E-state index contributed by atoms with van der Waals surface area (Å²) in [4.78, 5) is 7.60. The number of hydrogen-bond acceptors (Lipinski definition) is 4. The number of aromatic nitrogens is 2. The van der Waals surface area contributed by atoms with E-state index in [0.29, 0.717) is 22.4 Å². The van der Waals surface area contributed by atoms with Crippen molar-refractivity contribution in [3.05, 3.63) is 42.5 Å². The van der Waals surface area contributed by atoms with Gasteiger partial charge in [0.1, 0.15) is 17.1 Å². The number of nitrogens with zero attached hydrogens (tertiary/aromatic N) is 1. The summed E-state index contributed by atoms with van der Waals surface area (Å²) in [5, 5.41) is 9.50. The molecule has 0 spiro atoms. The first-order chi connectivity index (χ1) is 9.45. The zero-order valence-corrected chi connectivity index (χ0v) is 11.5. The molecule has 102 valence electrons. The molecule has 0 bridgehead atoms. The van der Waals surface area contributed by atoms with Gasteiger partial charge in [-0.15, -0.1) is 0 Å². The van der Waals surface area contributed by atoms with E-state index in [-0.39, 0.29) is 10.6 Å². The second-order valence-electron chi connectivity index (χ2n) is 4.56. The molecule has 0 aliphatic carbocycles. The van der Waals surface area contributed by atoms with E-state index < -0.39 is 9.84 Å². The van der Waals surface area contributed by atoms with Gasteiger partial charge >= 0.3 is 0 Å². The number of fused-ring (bicyclic) bond motifs is 1. The lowest BCUT2D eigenvalue weighted by atomic mass is 10.2. The Kier molecular flexibility index (Phi) is 2.76. The smallest absolute Gasteiger partial charge is 0.177 e. The number of phenols is 1. The number of aromatic hydroxyl groups is 1. The molecular formula is C14H12N2O3S. The summed E-state index contributed by atoms with van der Waals surface area (Å²) in [5.41, 5.74) is 1.75. The number of rotatable bonds is 2. The molecule has 0 saturated carbocycles. The van der Waals surface area contributed by atoms with Gasteiger partial charge in [0, 0.05) is 11.8 Å². The third kappa shape index (κ3) is 2.14. The molecule has 2 aromatic carbocycles. The topological polar surface area (TPSA) is 83.0 Å². The lowest BCUT2D eigenvalue weighted by Gasteiger charge is -1.98. The van der Waals surface area contributed by atoms with Crippen LogP contribution in [0.4, 0.5) is 0 Å². The molecule has 1 aromatic heterocycles. The predicted molar refractivity (Wildman–Crippen MR) is 76.3 cm³/mol. The van der Waals surface area contributed by atoms with Crippen LogP contribution >= 0.6 is 0 Å². The average molecular weight is 288 g/mol. The number of sulfone groups is 1. The van der Waals surface area contributed by atoms with E-state index in [9.17, 15) is 13.5 Å². The van der Waals surface area contributed by atoms with E-state index in [1.54, 1.807) is 36.4 Å². The number of nitrogens with one attached hydrogen (secondary N) is 1. The van der Waals surface area contributed by atoms with Crippen molar-refractivity contribution in [2.45, 2.75) is 4.90 Å². The molecule has 3 aromatic rings. The number of para-hydroxylation sites is 1. The number of hydrogen-bond donors (Lipinski definition) is 2. The third-order valence-electron chi connectivity index (χ3n) is 2.99. The summed E-state index contributed by atoms with van der Waals surface area (Å²) in [6, 6.07) is 11.6. The summed E-state index contributed by atoms with van der Waals surface area (Å²) in [6.07, 6.45) is 1.16. The number of phenolic OH excluding ortho intramolecular Hbond substituents is 1. The van der Waals surface area contributed by atoms with Crippen molar-refractivity contribution in [3.8, 4) is 17.1 Å². The van der Waals surface area contributed by atoms with Crippen LogP contribution < -0.4 is 0 Å². The van der Waals surface area contributed by atoms with Crippen LogP contribution in [-0.4, -0.2) is 29.7 Å². The molecule has 1 heterocycles. The highest BCUT2D eigenvalue weighted by atomic mass is 32.2. The van der Waals surface area contributed by atoms with Crippen molar-refractivity contribution in [1.82, 2.24) is 9.97 Å². The standard InChI is InChI=1S/C14H12N2O3S/c1-20(18,19)12-7-3-6-11-13(12)16-14(15-11)9-4-2-5-10(17)8-9/h2-8,17H,1H3,(H,15,16). The fourth-order valence-corrected chi connectivity index (χ4v) is 2.93. The van der Waals surface area contributed by atoms with Crippen LogP contribution in [0.3, 0.4) is 0 Å². The van der Waals surface area contributed by atoms with Crippen molar-refractivity contribution >= 4 is 20.9 Å². The minimum atomic E-state index is -3.34. The van der Waals surface area contributed by atoms with Crippen molar-refractivity contribution in [2.24, 2.45) is 0 Å². The van der Waals surface area contributed by atoms with Gasteiger partial charge in [-0.2, -0.15) is 0 Å². The SMILES string of the molecule is CS(=O)(=O)c1cccc2[nH]c(-c3cccc(O)c3)nc12. The molecule has 2 N–H and O–H groups in total. The average Bonchev–Trinajstić information content (AvgIpc) is 2.81. The number of H-pyrrole nitrogens is 1. The van der Waals surface area contributed by atoms with Crippen LogP contribution in [0.25, 0.3) is 22.4 Å². The van der Waals surface area contributed by atoms with Gasteiger partial charge < -0.3 is 10.1 Å². The third-order valence-corrected chi connectivity index (χ3v) is 4.12. The van der Waals surface area contributed by atoms with E-state index in [4.69, 9.17) is 0 Å². The quantitative estimate of drug-likeness (QED) is 0.758. The van der Waals surface area contributed by atoms with Gasteiger partial charge in [-0.25, -0.2) is 13.4 Å². The zero-order chi connectivity index (χ0) is 14.3. The highest BCUT2D eigenvalue weighted by Gasteiger charge is 2.15. The molecule has 0 aliphatic rings. The Balaban J connectivity index is 2.26. The zero-order valence-electron chi connectivity index (χ0n) is 10.7. The Hall–Kier alpha value is -2.34. The largest absolute Gasteiger partial charge is 0.508 e. The second-order valence-corrected chi connectivity index (χ2v) is 6.54. The molecule has 0 saturated heterocycles. The van der Waals surface area contributed by atoms with Gasteiger partial charge in [-0.05, 0) is 24.3 Å². The van der Waals surface area contributed by atoms with Crippen molar-refractivity contribution < 1.29 is 13.5 Å². The first-order valence-corrected chi connectivity index (χ1v) is 7.82. The highest BCUT2D eigenvalue weighted by molar-refractivity contribution is 7.91. The summed E-state index contributed by atoms with van der Waals surface area (Å²) >= 11 is 0. The van der Waals surface area contributed by atoms with Gasteiger partial charge in [0.25, 0.3) is 0 Å². The molecule has 5 nitrogen and oxygen atoms in total. The highest BCUT2D eigenvalue weighted by Crippen LogP contribution is 2.26. The molecule has 0 unspecified atom stereocenters. The first-order valence-electron chi connectivity index (χ1n) is 5.93. The van der Waals surface area contributed by atoms with Gasteiger partial charge in [-0.3, -0.25) is 0 Å². The number of benzene rings is 2. The van der Waals surface area contributed by atoms with Crippen molar-refractivity contribution in [3.63, 3.8) is 0 Å². The predicted octanol–water partition coefficient (Wildman–Crippen LogP) is 2.34. The Morgan fingerprint density at radius 1 is 1.15 bits per heavy atom. The van der Waals surface area contributed by atoms with Crippen LogP contribution in [0.2, 0.25) is 0 Å². The van der Waals surface area contributed by atoms with Gasteiger partial charge in [0.2, 0.25) is 0 Å². The molecule has 0 atom stereocenters. The first kappa shape index (κ1) is 12.7. The fraction of sp³-hybridized carbons (Fsp3) is 0.0714. The molecule has 0 amide bonds. The van der Waals surface area contributed by atoms with Gasteiger partial charge in [-0.1, -0.05) is 18.2 Å².